The molecule has 0 saturated heterocycles. The Balaban J connectivity index is 1.06. The van der Waals surface area contributed by atoms with Crippen LogP contribution in [0.4, 0.5) is 28.4 Å². The number of para-hydroxylation sites is 2. The van der Waals surface area contributed by atoms with E-state index in [2.05, 4.69) is 278 Å². The second-order valence-electron chi connectivity index (χ2n) is 18.0. The van der Waals surface area contributed by atoms with Crippen molar-refractivity contribution in [1.82, 2.24) is 0 Å². The Bertz CT molecular complexity index is 4000. The smallest absolute Gasteiger partial charge is 0.138 e. The van der Waals surface area contributed by atoms with Crippen LogP contribution in [-0.4, -0.2) is 0 Å². The minimum atomic E-state index is 0.829. The average molecular weight is 895 g/mol. The molecule has 3 nitrogen and oxygen atoms in total. The third-order valence-corrected chi connectivity index (χ3v) is 14.0. The zero-order valence-corrected chi connectivity index (χ0v) is 38.6. The Labute approximate surface area is 407 Å². The maximum absolute atomic E-state index is 7.32. The van der Waals surface area contributed by atoms with Gasteiger partial charge < -0.3 is 14.2 Å². The van der Waals surface area contributed by atoms with Gasteiger partial charge in [0.1, 0.15) is 11.2 Å². The molecule has 70 heavy (non-hydrogen) atoms. The Kier molecular flexibility index (Phi) is 10.1. The molecular weight excluding hydrogens is 849 g/mol. The van der Waals surface area contributed by atoms with E-state index in [9.17, 15) is 0 Å². The first-order valence-electron chi connectivity index (χ1n) is 24.0. The van der Waals surface area contributed by atoms with Crippen molar-refractivity contribution in [3.8, 4) is 33.4 Å². The Hall–Kier alpha value is -9.18. The zero-order chi connectivity index (χ0) is 46.5. The fraction of sp³-hybridized carbons (Fsp3) is 0.0149. The van der Waals surface area contributed by atoms with Gasteiger partial charge in [-0.1, -0.05) is 218 Å². The van der Waals surface area contributed by atoms with E-state index in [1.165, 1.54) is 39.0 Å². The fourth-order valence-corrected chi connectivity index (χ4v) is 10.7. The molecule has 330 valence electrons. The highest BCUT2D eigenvalue weighted by Crippen LogP contribution is 2.53. The van der Waals surface area contributed by atoms with Gasteiger partial charge in [0.15, 0.2) is 0 Å². The van der Waals surface area contributed by atoms with Gasteiger partial charge in [-0.15, -0.1) is 0 Å². The second kappa shape index (κ2) is 17.2. The largest absolute Gasteiger partial charge is 0.456 e. The Morgan fingerprint density at radius 1 is 0.400 bits per heavy atom. The minimum absolute atomic E-state index is 0.829. The lowest BCUT2D eigenvalue weighted by Gasteiger charge is -2.36. The summed E-state index contributed by atoms with van der Waals surface area (Å²) in [4.78, 5) is 4.87. The SMILES string of the molecule is C/C(=C\C=C1/c2ccccc2-c2ccccc2N1c1cc2oc3cc(N(c4ccc(-c5ccccc5)cc4)c4ccccc4-c4ccccc4)c4ccccc4c3c2c2ccccc12)c1ccccc1. The monoisotopic (exact) mass is 894 g/mol. The third kappa shape index (κ3) is 6.90. The highest BCUT2D eigenvalue weighted by Gasteiger charge is 2.30. The predicted molar refractivity (Wildman–Crippen MR) is 296 cm³/mol. The van der Waals surface area contributed by atoms with Gasteiger partial charge in [-0.25, -0.2) is 0 Å². The van der Waals surface area contributed by atoms with Gasteiger partial charge in [-0.2, -0.15) is 0 Å². The van der Waals surface area contributed by atoms with E-state index < -0.39 is 0 Å². The van der Waals surface area contributed by atoms with E-state index in [-0.39, 0.29) is 0 Å². The summed E-state index contributed by atoms with van der Waals surface area (Å²) in [5.74, 6) is 0. The van der Waals surface area contributed by atoms with Crippen LogP contribution in [0.2, 0.25) is 0 Å². The number of allylic oxidation sites excluding steroid dienone is 3. The number of hydrogen-bond acceptors (Lipinski definition) is 3. The van der Waals surface area contributed by atoms with E-state index in [0.29, 0.717) is 0 Å². The number of fused-ring (bicyclic) bond motifs is 10. The van der Waals surface area contributed by atoms with Crippen molar-refractivity contribution in [1.29, 1.82) is 0 Å². The molecule has 0 aliphatic carbocycles. The fourth-order valence-electron chi connectivity index (χ4n) is 10.7. The molecule has 0 saturated carbocycles. The van der Waals surface area contributed by atoms with Crippen LogP contribution in [0.5, 0.6) is 0 Å². The topological polar surface area (TPSA) is 19.6 Å². The molecule has 2 heterocycles. The first-order valence-corrected chi connectivity index (χ1v) is 24.0. The van der Waals surface area contributed by atoms with Crippen molar-refractivity contribution in [2.24, 2.45) is 0 Å². The highest BCUT2D eigenvalue weighted by atomic mass is 16.3. The lowest BCUT2D eigenvalue weighted by atomic mass is 9.89. The van der Waals surface area contributed by atoms with Crippen LogP contribution in [0, 0.1) is 0 Å². The Morgan fingerprint density at radius 3 is 1.63 bits per heavy atom. The molecule has 3 heteroatoms. The first-order chi connectivity index (χ1) is 34.7. The molecule has 0 bridgehead atoms. The van der Waals surface area contributed by atoms with Crippen LogP contribution in [0.1, 0.15) is 18.1 Å². The summed E-state index contributed by atoms with van der Waals surface area (Å²) in [5.41, 5.74) is 18.7. The van der Waals surface area contributed by atoms with Crippen LogP contribution in [0.25, 0.3) is 88.1 Å². The van der Waals surface area contributed by atoms with Gasteiger partial charge in [-0.3, -0.25) is 0 Å². The molecule has 0 radical (unpaired) electrons. The van der Waals surface area contributed by atoms with E-state index in [0.717, 1.165) is 88.7 Å². The molecule has 12 aromatic rings. The Morgan fingerprint density at radius 2 is 0.914 bits per heavy atom. The van der Waals surface area contributed by atoms with E-state index >= 15 is 0 Å². The van der Waals surface area contributed by atoms with Crippen LogP contribution in [-0.2, 0) is 0 Å². The van der Waals surface area contributed by atoms with Crippen LogP contribution in [0.15, 0.2) is 265 Å². The molecule has 1 aliphatic heterocycles. The summed E-state index contributed by atoms with van der Waals surface area (Å²) in [5, 5.41) is 6.76. The number of benzene rings is 11. The van der Waals surface area contributed by atoms with Gasteiger partial charge in [-0.05, 0) is 81.4 Å². The molecule has 13 rings (SSSR count). The number of hydrogen-bond donors (Lipinski definition) is 0. The van der Waals surface area contributed by atoms with Gasteiger partial charge in [0, 0.05) is 56.1 Å². The molecule has 0 unspecified atom stereocenters. The minimum Gasteiger partial charge on any atom is -0.456 e. The van der Waals surface area contributed by atoms with Crippen molar-refractivity contribution >= 4 is 83.2 Å². The van der Waals surface area contributed by atoms with Gasteiger partial charge in [0.25, 0.3) is 0 Å². The third-order valence-electron chi connectivity index (χ3n) is 14.0. The zero-order valence-electron chi connectivity index (χ0n) is 38.6. The summed E-state index contributed by atoms with van der Waals surface area (Å²) in [6.07, 6.45) is 4.55. The summed E-state index contributed by atoms with van der Waals surface area (Å²) in [6, 6.07) is 89.4. The molecular formula is C67H46N2O. The maximum atomic E-state index is 7.32. The normalized spacial score (nSPS) is 13.0. The number of anilines is 5. The lowest BCUT2D eigenvalue weighted by Crippen LogP contribution is -2.20. The maximum Gasteiger partial charge on any atom is 0.138 e. The van der Waals surface area contributed by atoms with Crippen molar-refractivity contribution in [3.05, 3.63) is 272 Å². The van der Waals surface area contributed by atoms with E-state index in [4.69, 9.17) is 4.42 Å². The summed E-state index contributed by atoms with van der Waals surface area (Å²) in [6.45, 7) is 2.19. The molecule has 0 fully saturated rings. The van der Waals surface area contributed by atoms with Crippen LogP contribution >= 0.6 is 0 Å². The number of furan rings is 1. The number of rotatable bonds is 8. The van der Waals surface area contributed by atoms with Crippen LogP contribution in [0.3, 0.4) is 0 Å². The average Bonchev–Trinajstić information content (AvgIpc) is 3.82. The molecule has 0 atom stereocenters. The van der Waals surface area contributed by atoms with Gasteiger partial charge in [0.05, 0.1) is 28.4 Å². The van der Waals surface area contributed by atoms with Gasteiger partial charge in [0.2, 0.25) is 0 Å². The number of nitrogens with zero attached hydrogens (tertiary/aromatic N) is 2. The van der Waals surface area contributed by atoms with Crippen molar-refractivity contribution in [2.45, 2.75) is 6.92 Å². The molecule has 0 spiro atoms. The summed E-state index contributed by atoms with van der Waals surface area (Å²) < 4.78 is 7.32. The molecule has 11 aromatic carbocycles. The first kappa shape index (κ1) is 41.0. The quantitative estimate of drug-likeness (QED) is 0.152. The highest BCUT2D eigenvalue weighted by molar-refractivity contribution is 6.30. The molecule has 0 N–H and O–H groups in total. The molecule has 1 aliphatic rings. The second-order valence-corrected chi connectivity index (χ2v) is 18.0. The lowest BCUT2D eigenvalue weighted by molar-refractivity contribution is 0.669. The van der Waals surface area contributed by atoms with E-state index in [1.54, 1.807) is 0 Å². The van der Waals surface area contributed by atoms with E-state index in [1.807, 2.05) is 0 Å². The molecule has 1 aromatic heterocycles. The summed E-state index contributed by atoms with van der Waals surface area (Å²) >= 11 is 0. The predicted octanol–water partition coefficient (Wildman–Crippen LogP) is 19.0. The molecule has 0 amide bonds. The van der Waals surface area contributed by atoms with Gasteiger partial charge >= 0.3 is 0 Å². The van der Waals surface area contributed by atoms with Crippen molar-refractivity contribution in [2.75, 3.05) is 9.80 Å². The van der Waals surface area contributed by atoms with Crippen molar-refractivity contribution in [3.63, 3.8) is 0 Å². The van der Waals surface area contributed by atoms with Crippen molar-refractivity contribution < 1.29 is 4.42 Å². The van der Waals surface area contributed by atoms with Crippen LogP contribution < -0.4 is 9.80 Å². The summed E-state index contributed by atoms with van der Waals surface area (Å²) in [7, 11) is 0. The standard InChI is InChI=1S/C67H46N2O/c1-45(46-21-5-2-6-22-46)37-42-61-54-29-12-11-28-52(54)53-30-18-20-36-60(53)69(61)63-44-65-67(58-34-16-14-32-56(58)63)66-57-33-15-13-31-55(57)62(43-64(66)70-65)68(50-40-38-48(39-41-50)47-23-7-3-8-24-47)59-35-19-17-27-51(59)49-25-9-4-10-26-49/h2-44H,1H3/b45-37+,61-42+.